The number of aromatic nitrogens is 1. The molecule has 1 aromatic carbocycles. The first-order valence-corrected chi connectivity index (χ1v) is 9.52. The number of aryl methyl sites for hydroxylation is 1. The van der Waals surface area contributed by atoms with Crippen LogP contribution in [-0.2, 0) is 0 Å². The smallest absolute Gasteiger partial charge is 0.250 e. The first kappa shape index (κ1) is 26.4. The van der Waals surface area contributed by atoms with Crippen molar-refractivity contribution in [2.45, 2.75) is 55.4 Å². The van der Waals surface area contributed by atoms with Gasteiger partial charge in [0.25, 0.3) is 0 Å². The molecular weight excluding hydrogens is 336 g/mol. The van der Waals surface area contributed by atoms with Gasteiger partial charge in [0.2, 0.25) is 5.91 Å². The van der Waals surface area contributed by atoms with Gasteiger partial charge in [-0.3, -0.25) is 4.79 Å². The molecule has 0 saturated carbocycles. The lowest BCUT2D eigenvalue weighted by atomic mass is 10.2. The van der Waals surface area contributed by atoms with E-state index in [4.69, 9.17) is 5.73 Å². The molecule has 0 saturated heterocycles. The van der Waals surface area contributed by atoms with Gasteiger partial charge in [-0.15, -0.1) is 0 Å². The summed E-state index contributed by atoms with van der Waals surface area (Å²) in [5, 5.41) is 6.33. The van der Waals surface area contributed by atoms with E-state index in [1.165, 1.54) is 6.20 Å². The molecule has 150 valence electrons. The van der Waals surface area contributed by atoms with Gasteiger partial charge in [-0.05, 0) is 31.5 Å². The maximum Gasteiger partial charge on any atom is 0.250 e. The molecular formula is C22H36N4O. The highest BCUT2D eigenvalue weighted by Gasteiger charge is 2.10. The highest BCUT2D eigenvalue weighted by molar-refractivity contribution is 5.94. The summed E-state index contributed by atoms with van der Waals surface area (Å²) in [6.45, 7) is 19.6. The molecule has 4 N–H and O–H groups in total. The predicted octanol–water partition coefficient (Wildman–Crippen LogP) is 6.26. The Kier molecular flexibility index (Phi) is 15.1. The summed E-state index contributed by atoms with van der Waals surface area (Å²) in [7, 11) is 0. The summed E-state index contributed by atoms with van der Waals surface area (Å²) in [6, 6.07) is 9.54. The Bertz CT molecular complexity index is 696. The van der Waals surface area contributed by atoms with E-state index in [0.717, 1.165) is 16.9 Å². The fraction of sp³-hybridized carbons (Fsp3) is 0.364. The molecule has 5 heteroatoms. The van der Waals surface area contributed by atoms with Gasteiger partial charge in [0.1, 0.15) is 0 Å². The number of nitrogens with two attached hydrogens (primary N) is 1. The van der Waals surface area contributed by atoms with E-state index < -0.39 is 5.91 Å². The molecule has 1 aromatic heterocycles. The highest BCUT2D eigenvalue weighted by atomic mass is 16.1. The van der Waals surface area contributed by atoms with Crippen molar-refractivity contribution in [2.24, 2.45) is 5.73 Å². The van der Waals surface area contributed by atoms with Crippen molar-refractivity contribution in [2.75, 3.05) is 10.6 Å². The van der Waals surface area contributed by atoms with Crippen LogP contribution in [0.1, 0.15) is 64.4 Å². The van der Waals surface area contributed by atoms with Crippen LogP contribution in [0.2, 0.25) is 0 Å². The van der Waals surface area contributed by atoms with Crippen molar-refractivity contribution < 1.29 is 4.79 Å². The van der Waals surface area contributed by atoms with E-state index in [1.807, 2.05) is 79.7 Å². The van der Waals surface area contributed by atoms with Gasteiger partial charge >= 0.3 is 0 Å². The summed E-state index contributed by atoms with van der Waals surface area (Å²) in [5.41, 5.74) is 9.07. The standard InChI is InChI=1S/C16H18N4O.3C2H6/c1-10(2)19-14-8-12(15(17)21)9-18-16(14)20-13-7-5-4-6-11(13)3;3*1-2/h4-9,19H,1H2,2-3H3,(H2,17,21)(H,18,20);3*1-2H3. The Morgan fingerprint density at radius 1 is 1.04 bits per heavy atom. The summed E-state index contributed by atoms with van der Waals surface area (Å²) in [4.78, 5) is 15.5. The van der Waals surface area contributed by atoms with Crippen LogP contribution in [0.15, 0.2) is 48.8 Å². The van der Waals surface area contributed by atoms with Gasteiger partial charge in [0.05, 0.1) is 11.3 Å². The van der Waals surface area contributed by atoms with Crippen LogP contribution in [0.5, 0.6) is 0 Å². The number of nitrogens with zero attached hydrogens (tertiary/aromatic N) is 1. The van der Waals surface area contributed by atoms with Crippen LogP contribution < -0.4 is 16.4 Å². The zero-order chi connectivity index (χ0) is 21.4. The van der Waals surface area contributed by atoms with Gasteiger partial charge in [-0.2, -0.15) is 0 Å². The molecule has 5 nitrogen and oxygen atoms in total. The molecule has 0 fully saturated rings. The number of primary amides is 1. The Labute approximate surface area is 165 Å². The molecule has 0 bridgehead atoms. The minimum atomic E-state index is -0.519. The Morgan fingerprint density at radius 3 is 2.07 bits per heavy atom. The van der Waals surface area contributed by atoms with Crippen LogP contribution >= 0.6 is 0 Å². The molecule has 0 spiro atoms. The number of pyridine rings is 1. The fourth-order valence-corrected chi connectivity index (χ4v) is 1.87. The summed E-state index contributed by atoms with van der Waals surface area (Å²) < 4.78 is 0. The van der Waals surface area contributed by atoms with Gasteiger partial charge < -0.3 is 16.4 Å². The average molecular weight is 373 g/mol. The third-order valence-corrected chi connectivity index (χ3v) is 2.92. The number of hydrogen-bond donors (Lipinski definition) is 3. The lowest BCUT2D eigenvalue weighted by molar-refractivity contribution is 0.1000. The van der Waals surface area contributed by atoms with E-state index in [9.17, 15) is 4.79 Å². The molecule has 0 aliphatic carbocycles. The number of carbonyl (C=O) groups is 1. The summed E-state index contributed by atoms with van der Waals surface area (Å²) >= 11 is 0. The predicted molar refractivity (Wildman–Crippen MR) is 120 cm³/mol. The number of nitrogens with one attached hydrogen (secondary N) is 2. The van der Waals surface area contributed by atoms with Gasteiger partial charge in [-0.25, -0.2) is 4.98 Å². The topological polar surface area (TPSA) is 80.0 Å². The number of benzene rings is 1. The lowest BCUT2D eigenvalue weighted by Gasteiger charge is -2.15. The summed E-state index contributed by atoms with van der Waals surface area (Å²) in [6.07, 6.45) is 1.45. The number of rotatable bonds is 5. The quantitative estimate of drug-likeness (QED) is 0.579. The van der Waals surface area contributed by atoms with Crippen molar-refractivity contribution in [3.63, 3.8) is 0 Å². The third kappa shape index (κ3) is 9.45. The Morgan fingerprint density at radius 2 is 1.59 bits per heavy atom. The van der Waals surface area contributed by atoms with Crippen LogP contribution in [0, 0.1) is 6.92 Å². The van der Waals surface area contributed by atoms with Gasteiger partial charge in [0, 0.05) is 17.6 Å². The highest BCUT2D eigenvalue weighted by Crippen LogP contribution is 2.26. The van der Waals surface area contributed by atoms with E-state index >= 15 is 0 Å². The number of allylic oxidation sites excluding steroid dienone is 1. The Balaban J connectivity index is 0. The number of hydrogen-bond acceptors (Lipinski definition) is 4. The van der Waals surface area contributed by atoms with E-state index in [0.29, 0.717) is 17.1 Å². The number of amides is 1. The maximum atomic E-state index is 11.3. The molecule has 27 heavy (non-hydrogen) atoms. The average Bonchev–Trinajstić information content (AvgIpc) is 2.69. The normalized spacial score (nSPS) is 8.44. The van der Waals surface area contributed by atoms with E-state index in [2.05, 4.69) is 22.2 Å². The number of para-hydroxylation sites is 1. The zero-order valence-electron chi connectivity index (χ0n) is 18.1. The monoisotopic (exact) mass is 372 g/mol. The van der Waals surface area contributed by atoms with E-state index in [1.54, 1.807) is 6.07 Å². The SMILES string of the molecule is C=C(C)Nc1cc(C(N)=O)cnc1Nc1ccccc1C.CC.CC.CC. The summed E-state index contributed by atoms with van der Waals surface area (Å²) in [5.74, 6) is 0.0898. The first-order chi connectivity index (χ1) is 13.0. The fourth-order valence-electron chi connectivity index (χ4n) is 1.87. The van der Waals surface area contributed by atoms with Gasteiger partial charge in [-0.1, -0.05) is 66.3 Å². The molecule has 0 atom stereocenters. The Hall–Kier alpha value is -2.82. The van der Waals surface area contributed by atoms with Crippen molar-refractivity contribution in [3.05, 3.63) is 59.9 Å². The maximum absolute atomic E-state index is 11.3. The molecule has 1 heterocycles. The molecule has 0 unspecified atom stereocenters. The second kappa shape index (κ2) is 15.4. The minimum Gasteiger partial charge on any atom is -0.366 e. The van der Waals surface area contributed by atoms with Crippen molar-refractivity contribution in [1.29, 1.82) is 0 Å². The lowest BCUT2D eigenvalue weighted by Crippen LogP contribution is -2.13. The zero-order valence-corrected chi connectivity index (χ0v) is 18.1. The number of carbonyl (C=O) groups excluding carboxylic acids is 1. The van der Waals surface area contributed by atoms with Crippen LogP contribution in [-0.4, -0.2) is 10.9 Å². The molecule has 0 radical (unpaired) electrons. The van der Waals surface area contributed by atoms with Crippen LogP contribution in [0.3, 0.4) is 0 Å². The van der Waals surface area contributed by atoms with Crippen molar-refractivity contribution in [3.8, 4) is 0 Å². The van der Waals surface area contributed by atoms with Gasteiger partial charge in [0.15, 0.2) is 5.82 Å². The van der Waals surface area contributed by atoms with Crippen molar-refractivity contribution in [1.82, 2.24) is 4.98 Å². The second-order valence-electron chi connectivity index (χ2n) is 4.83. The first-order valence-electron chi connectivity index (χ1n) is 9.52. The third-order valence-electron chi connectivity index (χ3n) is 2.92. The minimum absolute atomic E-state index is 0.342. The van der Waals surface area contributed by atoms with Crippen LogP contribution in [0.4, 0.5) is 17.2 Å². The second-order valence-corrected chi connectivity index (χ2v) is 4.83. The van der Waals surface area contributed by atoms with Crippen molar-refractivity contribution >= 4 is 23.1 Å². The molecule has 1 amide bonds. The van der Waals surface area contributed by atoms with E-state index in [-0.39, 0.29) is 0 Å². The largest absolute Gasteiger partial charge is 0.366 e. The molecule has 2 rings (SSSR count). The molecule has 0 aliphatic rings. The molecule has 0 aliphatic heterocycles. The number of anilines is 3. The molecule has 2 aromatic rings. The van der Waals surface area contributed by atoms with Crippen LogP contribution in [0.25, 0.3) is 0 Å².